The lowest BCUT2D eigenvalue weighted by Crippen LogP contribution is -2.25. The number of carbonyl (C=O) groups excluding carboxylic acids is 2. The summed E-state index contributed by atoms with van der Waals surface area (Å²) in [5.41, 5.74) is 2.06. The summed E-state index contributed by atoms with van der Waals surface area (Å²) < 4.78 is 18.7. The number of hydrogen-bond acceptors (Lipinski definition) is 4. The van der Waals surface area contributed by atoms with Gasteiger partial charge in [-0.15, -0.1) is 0 Å². The van der Waals surface area contributed by atoms with Gasteiger partial charge in [-0.05, 0) is 42.8 Å². The molecule has 1 aliphatic rings. The Hall–Kier alpha value is -3.48. The van der Waals surface area contributed by atoms with Gasteiger partial charge in [0.2, 0.25) is 11.8 Å². The number of amides is 2. The fraction of sp³-hybridized carbons (Fsp3) is 0.227. The first kappa shape index (κ1) is 18.9. The van der Waals surface area contributed by atoms with E-state index < -0.39 is 0 Å². The van der Waals surface area contributed by atoms with E-state index in [0.717, 1.165) is 17.7 Å². The van der Waals surface area contributed by atoms with Gasteiger partial charge in [0, 0.05) is 31.4 Å². The summed E-state index contributed by atoms with van der Waals surface area (Å²) in [6.45, 7) is 0.661. The number of carbonyl (C=O) groups is 2. The molecule has 0 atom stereocenters. The molecule has 1 aromatic heterocycles. The number of hydrogen-bond donors (Lipinski definition) is 1. The highest BCUT2D eigenvalue weighted by atomic mass is 19.1. The fourth-order valence-corrected chi connectivity index (χ4v) is 3.32. The lowest BCUT2D eigenvalue weighted by molar-refractivity contribution is -0.117. The normalized spacial score (nSPS) is 13.7. The van der Waals surface area contributed by atoms with Gasteiger partial charge >= 0.3 is 0 Å². The summed E-state index contributed by atoms with van der Waals surface area (Å²) >= 11 is 0. The average molecular weight is 393 g/mol. The molecule has 2 aromatic carbocycles. The van der Waals surface area contributed by atoms with Crippen molar-refractivity contribution >= 4 is 23.2 Å². The van der Waals surface area contributed by atoms with Crippen molar-refractivity contribution in [3.8, 4) is 11.3 Å². The van der Waals surface area contributed by atoms with Crippen molar-refractivity contribution in [1.82, 2.24) is 4.98 Å². The van der Waals surface area contributed by atoms with E-state index in [0.29, 0.717) is 36.7 Å². The van der Waals surface area contributed by atoms with Crippen molar-refractivity contribution in [3.63, 3.8) is 0 Å². The molecule has 2 amide bonds. The third-order valence-electron chi connectivity index (χ3n) is 4.79. The SMILES string of the molecule is O=C(CCc1ncc(-c2ccc(F)cc2)o1)Nc1ccccc1N1CCCC1=O. The monoisotopic (exact) mass is 393 g/mol. The van der Waals surface area contributed by atoms with Crippen molar-refractivity contribution < 1.29 is 18.4 Å². The van der Waals surface area contributed by atoms with E-state index in [1.165, 1.54) is 12.1 Å². The maximum atomic E-state index is 13.0. The molecule has 7 heteroatoms. The highest BCUT2D eigenvalue weighted by Gasteiger charge is 2.24. The van der Waals surface area contributed by atoms with Gasteiger partial charge < -0.3 is 14.6 Å². The molecule has 4 rings (SSSR count). The summed E-state index contributed by atoms with van der Waals surface area (Å²) in [7, 11) is 0. The maximum Gasteiger partial charge on any atom is 0.227 e. The number of rotatable bonds is 6. The molecule has 3 aromatic rings. The number of halogens is 1. The van der Waals surface area contributed by atoms with Crippen LogP contribution >= 0.6 is 0 Å². The molecule has 6 nitrogen and oxygen atoms in total. The van der Waals surface area contributed by atoms with Gasteiger partial charge in [-0.3, -0.25) is 9.59 Å². The van der Waals surface area contributed by atoms with E-state index in [-0.39, 0.29) is 24.1 Å². The molecule has 0 unspecified atom stereocenters. The minimum absolute atomic E-state index is 0.0693. The molecule has 1 saturated heterocycles. The lowest BCUT2D eigenvalue weighted by atomic mass is 10.2. The van der Waals surface area contributed by atoms with Crippen LogP contribution in [0.1, 0.15) is 25.2 Å². The van der Waals surface area contributed by atoms with E-state index in [9.17, 15) is 14.0 Å². The Labute approximate surface area is 167 Å². The molecule has 2 heterocycles. The van der Waals surface area contributed by atoms with E-state index in [1.54, 1.807) is 29.3 Å². The standard InChI is InChI=1S/C22H20FN3O3/c23-16-9-7-15(8-10-16)19-14-24-21(29-19)12-11-20(27)25-17-4-1-2-5-18(17)26-13-3-6-22(26)28/h1-2,4-5,7-10,14H,3,6,11-13H2,(H,25,27). The third kappa shape index (κ3) is 4.34. The van der Waals surface area contributed by atoms with Crippen molar-refractivity contribution in [2.75, 3.05) is 16.8 Å². The van der Waals surface area contributed by atoms with Gasteiger partial charge in [-0.2, -0.15) is 0 Å². The quantitative estimate of drug-likeness (QED) is 0.682. The third-order valence-corrected chi connectivity index (χ3v) is 4.79. The van der Waals surface area contributed by atoms with E-state index in [4.69, 9.17) is 4.42 Å². The van der Waals surface area contributed by atoms with Gasteiger partial charge in [0.05, 0.1) is 17.6 Å². The van der Waals surface area contributed by atoms with Gasteiger partial charge in [-0.1, -0.05) is 12.1 Å². The maximum absolute atomic E-state index is 13.0. The van der Waals surface area contributed by atoms with E-state index in [2.05, 4.69) is 10.3 Å². The first-order valence-electron chi connectivity index (χ1n) is 9.50. The van der Waals surface area contributed by atoms with Crippen LogP contribution in [-0.2, 0) is 16.0 Å². The van der Waals surface area contributed by atoms with E-state index >= 15 is 0 Å². The predicted octanol–water partition coefficient (Wildman–Crippen LogP) is 4.18. The van der Waals surface area contributed by atoms with Crippen molar-refractivity contribution in [2.45, 2.75) is 25.7 Å². The van der Waals surface area contributed by atoms with Crippen LogP contribution in [0.25, 0.3) is 11.3 Å². The minimum atomic E-state index is -0.318. The molecule has 0 bridgehead atoms. The van der Waals surface area contributed by atoms with Gasteiger partial charge in [-0.25, -0.2) is 9.37 Å². The fourth-order valence-electron chi connectivity index (χ4n) is 3.32. The van der Waals surface area contributed by atoms with Crippen LogP contribution in [0.4, 0.5) is 15.8 Å². The number of para-hydroxylation sites is 2. The number of nitrogens with zero attached hydrogens (tertiary/aromatic N) is 2. The summed E-state index contributed by atoms with van der Waals surface area (Å²) in [4.78, 5) is 30.4. The topological polar surface area (TPSA) is 75.4 Å². The minimum Gasteiger partial charge on any atom is -0.441 e. The molecule has 1 aliphatic heterocycles. The Balaban J connectivity index is 1.38. The first-order chi connectivity index (χ1) is 14.1. The first-order valence-corrected chi connectivity index (χ1v) is 9.50. The molecule has 29 heavy (non-hydrogen) atoms. The highest BCUT2D eigenvalue weighted by Crippen LogP contribution is 2.29. The summed E-state index contributed by atoms with van der Waals surface area (Å²) in [6, 6.07) is 13.2. The van der Waals surface area contributed by atoms with Crippen LogP contribution < -0.4 is 10.2 Å². The zero-order valence-electron chi connectivity index (χ0n) is 15.7. The highest BCUT2D eigenvalue weighted by molar-refractivity contribution is 6.02. The van der Waals surface area contributed by atoms with Crippen molar-refractivity contribution in [3.05, 3.63) is 66.4 Å². The molecular formula is C22H20FN3O3. The van der Waals surface area contributed by atoms with Crippen LogP contribution in [0.2, 0.25) is 0 Å². The second kappa shape index (κ2) is 8.26. The smallest absolute Gasteiger partial charge is 0.227 e. The van der Waals surface area contributed by atoms with Gasteiger partial charge in [0.25, 0.3) is 0 Å². The van der Waals surface area contributed by atoms with Crippen molar-refractivity contribution in [2.24, 2.45) is 0 Å². The summed E-state index contributed by atoms with van der Waals surface area (Å²) in [6.07, 6.45) is 3.43. The van der Waals surface area contributed by atoms with Crippen LogP contribution in [-0.4, -0.2) is 23.3 Å². The Kier molecular flexibility index (Phi) is 5.37. The molecule has 1 fully saturated rings. The Morgan fingerprint density at radius 1 is 1.17 bits per heavy atom. The molecule has 1 N–H and O–H groups in total. The summed E-state index contributed by atoms with van der Waals surface area (Å²) in [5.74, 6) is 0.521. The van der Waals surface area contributed by atoms with Crippen LogP contribution in [0, 0.1) is 5.82 Å². The average Bonchev–Trinajstić information content (AvgIpc) is 3.37. The number of aryl methyl sites for hydroxylation is 1. The molecule has 0 radical (unpaired) electrons. The Morgan fingerprint density at radius 3 is 2.72 bits per heavy atom. The van der Waals surface area contributed by atoms with Gasteiger partial charge in [0.1, 0.15) is 5.82 Å². The molecule has 148 valence electrons. The number of benzene rings is 2. The van der Waals surface area contributed by atoms with Crippen LogP contribution in [0.3, 0.4) is 0 Å². The molecule has 0 aliphatic carbocycles. The Morgan fingerprint density at radius 2 is 1.97 bits per heavy atom. The number of anilines is 2. The second-order valence-electron chi connectivity index (χ2n) is 6.84. The number of nitrogens with one attached hydrogen (secondary N) is 1. The van der Waals surface area contributed by atoms with Crippen LogP contribution in [0.15, 0.2) is 59.1 Å². The van der Waals surface area contributed by atoms with E-state index in [1.807, 2.05) is 18.2 Å². The molecular weight excluding hydrogens is 373 g/mol. The predicted molar refractivity (Wildman–Crippen MR) is 107 cm³/mol. The zero-order chi connectivity index (χ0) is 20.2. The lowest BCUT2D eigenvalue weighted by Gasteiger charge is -2.19. The largest absolute Gasteiger partial charge is 0.441 e. The second-order valence-corrected chi connectivity index (χ2v) is 6.84. The van der Waals surface area contributed by atoms with Crippen molar-refractivity contribution in [1.29, 1.82) is 0 Å². The summed E-state index contributed by atoms with van der Waals surface area (Å²) in [5, 5.41) is 2.88. The van der Waals surface area contributed by atoms with Gasteiger partial charge in [0.15, 0.2) is 11.7 Å². The van der Waals surface area contributed by atoms with Crippen LogP contribution in [0.5, 0.6) is 0 Å². The molecule has 0 spiro atoms. The Bertz CT molecular complexity index is 1030. The number of oxazole rings is 1. The molecule has 0 saturated carbocycles. The number of aromatic nitrogens is 1. The zero-order valence-corrected chi connectivity index (χ0v) is 15.7.